The third-order valence-corrected chi connectivity index (χ3v) is 7.14. The minimum Gasteiger partial charge on any atom is -0.0654 e. The van der Waals surface area contributed by atoms with Gasteiger partial charge in [-0.1, -0.05) is 106 Å². The van der Waals surface area contributed by atoms with E-state index < -0.39 is 0 Å². The molecular formula is C25H50. The van der Waals surface area contributed by atoms with Crippen LogP contribution in [0, 0.1) is 35.5 Å². The van der Waals surface area contributed by atoms with Crippen molar-refractivity contribution in [2.75, 3.05) is 0 Å². The van der Waals surface area contributed by atoms with Gasteiger partial charge in [0.2, 0.25) is 0 Å². The van der Waals surface area contributed by atoms with Crippen LogP contribution >= 0.6 is 0 Å². The molecule has 0 aliphatic heterocycles. The third kappa shape index (κ3) is 10.0. The second-order valence-electron chi connectivity index (χ2n) is 10.1. The van der Waals surface area contributed by atoms with E-state index in [0.717, 1.165) is 35.5 Å². The van der Waals surface area contributed by atoms with E-state index in [9.17, 15) is 0 Å². The van der Waals surface area contributed by atoms with Crippen LogP contribution in [0.25, 0.3) is 0 Å². The number of unbranched alkanes of at least 4 members (excludes halogenated alkanes) is 1. The number of hydrogen-bond acceptors (Lipinski definition) is 0. The van der Waals surface area contributed by atoms with Crippen LogP contribution in [0.3, 0.4) is 0 Å². The van der Waals surface area contributed by atoms with E-state index in [1.54, 1.807) is 0 Å². The molecule has 0 aromatic heterocycles. The Hall–Kier alpha value is 0. The first-order valence-electron chi connectivity index (χ1n) is 12.0. The molecule has 1 fully saturated rings. The summed E-state index contributed by atoms with van der Waals surface area (Å²) < 4.78 is 0. The molecule has 5 atom stereocenters. The molecule has 1 saturated carbocycles. The predicted molar refractivity (Wildman–Crippen MR) is 115 cm³/mol. The van der Waals surface area contributed by atoms with Crippen molar-refractivity contribution in [1.29, 1.82) is 0 Å². The van der Waals surface area contributed by atoms with Gasteiger partial charge in [0.05, 0.1) is 0 Å². The van der Waals surface area contributed by atoms with Crippen LogP contribution in [-0.4, -0.2) is 0 Å². The first-order chi connectivity index (χ1) is 12.0. The maximum atomic E-state index is 2.55. The second kappa shape index (κ2) is 13.2. The fourth-order valence-electron chi connectivity index (χ4n) is 5.31. The number of hydrogen-bond donors (Lipinski definition) is 0. The Morgan fingerprint density at radius 3 is 2.24 bits per heavy atom. The van der Waals surface area contributed by atoms with Gasteiger partial charge in [-0.2, -0.15) is 0 Å². The molecule has 0 spiro atoms. The zero-order valence-electron chi connectivity index (χ0n) is 18.7. The molecule has 1 aliphatic carbocycles. The molecule has 150 valence electrons. The molecule has 0 aromatic carbocycles. The van der Waals surface area contributed by atoms with Crippen LogP contribution in [0.4, 0.5) is 0 Å². The average molecular weight is 351 g/mol. The van der Waals surface area contributed by atoms with Gasteiger partial charge < -0.3 is 0 Å². The van der Waals surface area contributed by atoms with E-state index in [-0.39, 0.29) is 0 Å². The van der Waals surface area contributed by atoms with E-state index >= 15 is 0 Å². The van der Waals surface area contributed by atoms with Gasteiger partial charge in [0.1, 0.15) is 0 Å². The van der Waals surface area contributed by atoms with Crippen LogP contribution in [0.2, 0.25) is 0 Å². The fourth-order valence-corrected chi connectivity index (χ4v) is 5.31. The standard InChI is InChI=1S/C25H50/c1-7-11-23(8-2)12-9-10-13-24-16-15-22(6)25(17-14-20(3)4)19-21(5)18-24/h20-25H,7-19H2,1-6H3. The Kier molecular flexibility index (Phi) is 12.2. The minimum absolute atomic E-state index is 0.875. The lowest BCUT2D eigenvalue weighted by Crippen LogP contribution is -2.22. The van der Waals surface area contributed by atoms with Crippen LogP contribution < -0.4 is 0 Å². The van der Waals surface area contributed by atoms with Crippen molar-refractivity contribution < 1.29 is 0 Å². The maximum absolute atomic E-state index is 2.55. The molecule has 0 aromatic rings. The van der Waals surface area contributed by atoms with Crippen molar-refractivity contribution in [3.8, 4) is 0 Å². The van der Waals surface area contributed by atoms with Crippen molar-refractivity contribution in [2.45, 2.75) is 125 Å². The summed E-state index contributed by atoms with van der Waals surface area (Å²) in [6.07, 6.45) is 19.1. The minimum atomic E-state index is 0.875. The van der Waals surface area contributed by atoms with Gasteiger partial charge in [-0.25, -0.2) is 0 Å². The van der Waals surface area contributed by atoms with Crippen LogP contribution in [-0.2, 0) is 0 Å². The van der Waals surface area contributed by atoms with Gasteiger partial charge in [0.25, 0.3) is 0 Å². The molecule has 0 nitrogen and oxygen atoms in total. The summed E-state index contributed by atoms with van der Waals surface area (Å²) in [5, 5.41) is 0. The van der Waals surface area contributed by atoms with Crippen LogP contribution in [0.15, 0.2) is 0 Å². The predicted octanol–water partition coefficient (Wildman–Crippen LogP) is 8.89. The highest BCUT2D eigenvalue weighted by Crippen LogP contribution is 2.38. The first kappa shape index (κ1) is 23.0. The summed E-state index contributed by atoms with van der Waals surface area (Å²) >= 11 is 0. The second-order valence-corrected chi connectivity index (χ2v) is 10.1. The SMILES string of the molecule is CCCC(CC)CCCCC1CCC(C)C(CCC(C)C)CC(C)C1. The van der Waals surface area contributed by atoms with Gasteiger partial charge in [-0.3, -0.25) is 0 Å². The molecule has 25 heavy (non-hydrogen) atoms. The Morgan fingerprint density at radius 2 is 1.60 bits per heavy atom. The zero-order valence-corrected chi connectivity index (χ0v) is 18.7. The molecule has 0 heteroatoms. The lowest BCUT2D eigenvalue weighted by atomic mass is 9.72. The maximum Gasteiger partial charge on any atom is -0.0386 e. The molecule has 0 N–H and O–H groups in total. The Morgan fingerprint density at radius 1 is 0.840 bits per heavy atom. The Bertz CT molecular complexity index is 305. The van der Waals surface area contributed by atoms with Gasteiger partial charge >= 0.3 is 0 Å². The van der Waals surface area contributed by atoms with E-state index in [4.69, 9.17) is 0 Å². The Balaban J connectivity index is 2.32. The summed E-state index contributed by atoms with van der Waals surface area (Å²) in [5.74, 6) is 5.81. The first-order valence-corrected chi connectivity index (χ1v) is 12.0. The monoisotopic (exact) mass is 350 g/mol. The quantitative estimate of drug-likeness (QED) is 0.326. The number of rotatable bonds is 11. The highest BCUT2D eigenvalue weighted by molar-refractivity contribution is 4.77. The summed E-state index contributed by atoms with van der Waals surface area (Å²) in [4.78, 5) is 0. The molecule has 1 rings (SSSR count). The summed E-state index contributed by atoms with van der Waals surface area (Å²) in [6.45, 7) is 14.6. The largest absolute Gasteiger partial charge is 0.0654 e. The van der Waals surface area contributed by atoms with E-state index in [2.05, 4.69) is 41.5 Å². The van der Waals surface area contributed by atoms with Gasteiger partial charge in [-0.15, -0.1) is 0 Å². The van der Waals surface area contributed by atoms with Crippen LogP contribution in [0.5, 0.6) is 0 Å². The highest BCUT2D eigenvalue weighted by Gasteiger charge is 2.26. The Labute approximate surface area is 160 Å². The fraction of sp³-hybridized carbons (Fsp3) is 1.00. The molecule has 0 amide bonds. The van der Waals surface area contributed by atoms with E-state index in [1.165, 1.54) is 83.5 Å². The molecule has 0 saturated heterocycles. The van der Waals surface area contributed by atoms with Gasteiger partial charge in [0.15, 0.2) is 0 Å². The van der Waals surface area contributed by atoms with Crippen molar-refractivity contribution in [2.24, 2.45) is 35.5 Å². The molecular weight excluding hydrogens is 300 g/mol. The summed E-state index contributed by atoms with van der Waals surface area (Å²) in [6, 6.07) is 0. The van der Waals surface area contributed by atoms with Gasteiger partial charge in [0, 0.05) is 0 Å². The molecule has 5 unspecified atom stereocenters. The molecule has 0 heterocycles. The van der Waals surface area contributed by atoms with Crippen molar-refractivity contribution in [3.05, 3.63) is 0 Å². The smallest absolute Gasteiger partial charge is 0.0386 e. The zero-order chi connectivity index (χ0) is 18.7. The average Bonchev–Trinajstić information content (AvgIpc) is 2.57. The normalized spacial score (nSPS) is 29.4. The van der Waals surface area contributed by atoms with E-state index in [1.807, 2.05) is 0 Å². The van der Waals surface area contributed by atoms with Gasteiger partial charge in [-0.05, 0) is 54.8 Å². The van der Waals surface area contributed by atoms with Crippen LogP contribution in [0.1, 0.15) is 125 Å². The highest BCUT2D eigenvalue weighted by atomic mass is 14.3. The lowest BCUT2D eigenvalue weighted by Gasteiger charge is -2.33. The van der Waals surface area contributed by atoms with Crippen molar-refractivity contribution in [3.63, 3.8) is 0 Å². The lowest BCUT2D eigenvalue weighted by molar-refractivity contribution is 0.180. The molecule has 0 radical (unpaired) electrons. The van der Waals surface area contributed by atoms with Crippen molar-refractivity contribution >= 4 is 0 Å². The molecule has 0 bridgehead atoms. The van der Waals surface area contributed by atoms with Crippen molar-refractivity contribution in [1.82, 2.24) is 0 Å². The summed E-state index contributed by atoms with van der Waals surface area (Å²) in [7, 11) is 0. The van der Waals surface area contributed by atoms with E-state index in [0.29, 0.717) is 0 Å². The third-order valence-electron chi connectivity index (χ3n) is 7.14. The molecule has 1 aliphatic rings. The topological polar surface area (TPSA) is 0 Å². The summed E-state index contributed by atoms with van der Waals surface area (Å²) in [5.41, 5.74) is 0.